The van der Waals surface area contributed by atoms with Gasteiger partial charge in [-0.3, -0.25) is 0 Å². The van der Waals surface area contributed by atoms with Crippen LogP contribution in [0.5, 0.6) is 0 Å². The first-order valence-electron chi connectivity index (χ1n) is 4.70. The van der Waals surface area contributed by atoms with Gasteiger partial charge in [-0.25, -0.2) is 8.98 Å². The molecule has 1 aliphatic rings. The molecule has 0 fully saturated rings. The molecular formula is C10H9NO5S. The van der Waals surface area contributed by atoms with Gasteiger partial charge in [0.2, 0.25) is 6.10 Å². The van der Waals surface area contributed by atoms with E-state index in [0.29, 0.717) is 5.56 Å². The van der Waals surface area contributed by atoms with Gasteiger partial charge in [0, 0.05) is 5.56 Å². The van der Waals surface area contributed by atoms with Crippen LogP contribution in [0.4, 0.5) is 0 Å². The van der Waals surface area contributed by atoms with Gasteiger partial charge in [-0.2, -0.15) is 8.42 Å². The van der Waals surface area contributed by atoms with Crippen LogP contribution in [0.2, 0.25) is 0 Å². The van der Waals surface area contributed by atoms with Crippen LogP contribution < -0.4 is 0 Å². The number of carbonyl (C=O) groups excluding carboxylic acids is 1. The predicted molar refractivity (Wildman–Crippen MR) is 58.8 cm³/mol. The minimum Gasteiger partial charge on any atom is -0.467 e. The van der Waals surface area contributed by atoms with Crippen molar-refractivity contribution in [2.24, 2.45) is 4.40 Å². The van der Waals surface area contributed by atoms with Crippen molar-refractivity contribution < 1.29 is 22.1 Å². The lowest BCUT2D eigenvalue weighted by molar-refractivity contribution is -0.145. The number of benzene rings is 1. The number of hydrogen-bond donors (Lipinski definition) is 0. The number of carbonyl (C=O) groups is 1. The van der Waals surface area contributed by atoms with Gasteiger partial charge >= 0.3 is 16.3 Å². The summed E-state index contributed by atoms with van der Waals surface area (Å²) in [6, 6.07) is 8.45. The molecule has 1 aliphatic heterocycles. The van der Waals surface area contributed by atoms with E-state index >= 15 is 0 Å². The van der Waals surface area contributed by atoms with Gasteiger partial charge < -0.3 is 4.74 Å². The maximum Gasteiger partial charge on any atom is 0.382 e. The first-order chi connectivity index (χ1) is 8.03. The summed E-state index contributed by atoms with van der Waals surface area (Å²) in [4.78, 5) is 11.4. The van der Waals surface area contributed by atoms with Gasteiger partial charge in [0.05, 0.1) is 7.11 Å². The maximum absolute atomic E-state index is 11.4. The fraction of sp³-hybridized carbons (Fsp3) is 0.200. The van der Waals surface area contributed by atoms with Crippen molar-refractivity contribution in [1.82, 2.24) is 0 Å². The van der Waals surface area contributed by atoms with Crippen molar-refractivity contribution in [3.05, 3.63) is 35.9 Å². The second kappa shape index (κ2) is 4.27. The molecule has 2 rings (SSSR count). The van der Waals surface area contributed by atoms with Gasteiger partial charge in [0.25, 0.3) is 0 Å². The quantitative estimate of drug-likeness (QED) is 0.709. The molecule has 0 N–H and O–H groups in total. The molecule has 0 saturated heterocycles. The monoisotopic (exact) mass is 255 g/mol. The van der Waals surface area contributed by atoms with E-state index in [1.54, 1.807) is 30.3 Å². The van der Waals surface area contributed by atoms with E-state index < -0.39 is 22.4 Å². The summed E-state index contributed by atoms with van der Waals surface area (Å²) in [5.74, 6) is -0.798. The molecule has 0 bridgehead atoms. The first-order valence-corrected chi connectivity index (χ1v) is 6.06. The summed E-state index contributed by atoms with van der Waals surface area (Å²) < 4.78 is 34.9. The molecule has 0 aromatic heterocycles. The molecule has 0 saturated carbocycles. The summed E-state index contributed by atoms with van der Waals surface area (Å²) >= 11 is 0. The zero-order chi connectivity index (χ0) is 12.5. The average Bonchev–Trinajstić information content (AvgIpc) is 2.65. The van der Waals surface area contributed by atoms with E-state index in [4.69, 9.17) is 0 Å². The molecule has 1 aromatic carbocycles. The Kier molecular flexibility index (Phi) is 2.95. The van der Waals surface area contributed by atoms with Crippen LogP contribution in [-0.2, 0) is 24.0 Å². The van der Waals surface area contributed by atoms with Gasteiger partial charge in [-0.15, -0.1) is 4.40 Å². The highest BCUT2D eigenvalue weighted by Gasteiger charge is 2.39. The molecule has 0 radical (unpaired) electrons. The Morgan fingerprint density at radius 2 is 2.00 bits per heavy atom. The van der Waals surface area contributed by atoms with E-state index in [9.17, 15) is 13.2 Å². The largest absolute Gasteiger partial charge is 0.467 e. The maximum atomic E-state index is 11.4. The van der Waals surface area contributed by atoms with E-state index in [1.807, 2.05) is 0 Å². The molecule has 90 valence electrons. The average molecular weight is 255 g/mol. The van der Waals surface area contributed by atoms with Gasteiger partial charge in [0.15, 0.2) is 0 Å². The molecule has 17 heavy (non-hydrogen) atoms. The van der Waals surface area contributed by atoms with Crippen LogP contribution in [0.1, 0.15) is 5.56 Å². The Hall–Kier alpha value is -1.73. The third-order valence-corrected chi connectivity index (χ3v) is 3.02. The highest BCUT2D eigenvalue weighted by Crippen LogP contribution is 2.20. The summed E-state index contributed by atoms with van der Waals surface area (Å²) in [6.07, 6.45) is -1.33. The summed E-state index contributed by atoms with van der Waals surface area (Å²) in [7, 11) is -2.91. The molecule has 1 unspecified atom stereocenters. The fourth-order valence-corrected chi connectivity index (χ4v) is 2.33. The van der Waals surface area contributed by atoms with Crippen molar-refractivity contribution in [2.75, 3.05) is 7.11 Å². The minimum atomic E-state index is -4.06. The smallest absolute Gasteiger partial charge is 0.382 e. The molecular weight excluding hydrogens is 246 g/mol. The number of ether oxygens (including phenoxy) is 1. The summed E-state index contributed by atoms with van der Waals surface area (Å²) in [6.45, 7) is 0. The van der Waals surface area contributed by atoms with Crippen molar-refractivity contribution in [3.8, 4) is 0 Å². The Bertz CT molecular complexity index is 564. The van der Waals surface area contributed by atoms with E-state index in [-0.39, 0.29) is 5.71 Å². The molecule has 0 aliphatic carbocycles. The van der Waals surface area contributed by atoms with Crippen molar-refractivity contribution in [3.63, 3.8) is 0 Å². The highest BCUT2D eigenvalue weighted by atomic mass is 32.2. The SMILES string of the molecule is COC(=O)C1OS(=O)(=O)N=C1c1ccccc1. The number of hydrogen-bond acceptors (Lipinski definition) is 5. The molecule has 6 nitrogen and oxygen atoms in total. The van der Waals surface area contributed by atoms with Gasteiger partial charge in [-0.05, 0) is 0 Å². The zero-order valence-corrected chi connectivity index (χ0v) is 9.68. The van der Waals surface area contributed by atoms with Gasteiger partial charge in [-0.1, -0.05) is 30.3 Å². The fourth-order valence-electron chi connectivity index (χ4n) is 1.43. The topological polar surface area (TPSA) is 82.0 Å². The Morgan fingerprint density at radius 3 is 2.59 bits per heavy atom. The van der Waals surface area contributed by atoms with Crippen molar-refractivity contribution >= 4 is 22.0 Å². The van der Waals surface area contributed by atoms with E-state index in [1.165, 1.54) is 0 Å². The Balaban J connectivity index is 2.46. The molecule has 7 heteroatoms. The molecule has 1 heterocycles. The lowest BCUT2D eigenvalue weighted by Gasteiger charge is -2.08. The summed E-state index contributed by atoms with van der Waals surface area (Å²) in [5.41, 5.74) is 0.543. The normalized spacial score (nSPS) is 21.9. The number of methoxy groups -OCH3 is 1. The van der Waals surface area contributed by atoms with Crippen LogP contribution in [0.3, 0.4) is 0 Å². The first kappa shape index (κ1) is 11.7. The van der Waals surface area contributed by atoms with E-state index in [2.05, 4.69) is 13.3 Å². The number of esters is 1. The lowest BCUT2D eigenvalue weighted by Crippen LogP contribution is -2.31. The van der Waals surface area contributed by atoms with Gasteiger partial charge in [0.1, 0.15) is 5.71 Å². The second-order valence-electron chi connectivity index (χ2n) is 3.27. The number of rotatable bonds is 2. The van der Waals surface area contributed by atoms with Crippen LogP contribution >= 0.6 is 0 Å². The predicted octanol–water partition coefficient (Wildman–Crippen LogP) is 0.292. The second-order valence-corrected chi connectivity index (χ2v) is 4.50. The van der Waals surface area contributed by atoms with Crippen molar-refractivity contribution in [1.29, 1.82) is 0 Å². The lowest BCUT2D eigenvalue weighted by atomic mass is 10.1. The minimum absolute atomic E-state index is 0.0393. The molecule has 1 aromatic rings. The van der Waals surface area contributed by atoms with Crippen LogP contribution in [0, 0.1) is 0 Å². The highest BCUT2D eigenvalue weighted by molar-refractivity contribution is 7.86. The zero-order valence-electron chi connectivity index (χ0n) is 8.86. The third-order valence-electron chi connectivity index (χ3n) is 2.16. The third kappa shape index (κ3) is 2.34. The summed E-state index contributed by atoms with van der Waals surface area (Å²) in [5, 5.41) is 0. The standard InChI is InChI=1S/C10H9NO5S/c1-15-10(12)9-8(11-17(13,14)16-9)7-5-3-2-4-6-7/h2-6,9H,1H3. The van der Waals surface area contributed by atoms with Crippen molar-refractivity contribution in [2.45, 2.75) is 6.10 Å². The molecule has 0 amide bonds. The van der Waals surface area contributed by atoms with E-state index in [0.717, 1.165) is 7.11 Å². The van der Waals surface area contributed by atoms with Crippen LogP contribution in [0.25, 0.3) is 0 Å². The Labute approximate surface area is 98.1 Å². The number of nitrogens with zero attached hydrogens (tertiary/aromatic N) is 1. The Morgan fingerprint density at radius 1 is 1.35 bits per heavy atom. The van der Waals surface area contributed by atoms with Crippen LogP contribution in [0.15, 0.2) is 34.7 Å². The van der Waals surface area contributed by atoms with Crippen LogP contribution in [-0.4, -0.2) is 33.3 Å². The molecule has 1 atom stereocenters. The molecule has 0 spiro atoms.